The van der Waals surface area contributed by atoms with Crippen molar-refractivity contribution in [3.63, 3.8) is 0 Å². The maximum atomic E-state index is 11.5. The monoisotopic (exact) mass is 398 g/mol. The number of aryl methyl sites for hydroxylation is 1. The fourth-order valence-corrected chi connectivity index (χ4v) is 3.55. The maximum absolute atomic E-state index is 11.5. The summed E-state index contributed by atoms with van der Waals surface area (Å²) in [5, 5.41) is 6.40. The molecule has 7 nitrogen and oxygen atoms in total. The van der Waals surface area contributed by atoms with Gasteiger partial charge in [0.15, 0.2) is 5.96 Å². The molecule has 27 heavy (non-hydrogen) atoms. The highest BCUT2D eigenvalue weighted by Crippen LogP contribution is 2.24. The molecule has 3 N–H and O–H groups in total. The lowest BCUT2D eigenvalue weighted by molar-refractivity contribution is 0.129. The van der Waals surface area contributed by atoms with Crippen LogP contribution in [0, 0.1) is 6.92 Å². The van der Waals surface area contributed by atoms with E-state index >= 15 is 0 Å². The minimum absolute atomic E-state index is 0.288. The number of ether oxygens (including phenoxy) is 1. The Morgan fingerprint density at radius 2 is 1.78 bits per heavy atom. The van der Waals surface area contributed by atoms with Crippen molar-refractivity contribution in [2.75, 3.05) is 19.8 Å². The quantitative estimate of drug-likeness (QED) is 0.484. The van der Waals surface area contributed by atoms with E-state index in [9.17, 15) is 8.42 Å². The standard InChI is InChI=1S/C19H34N4O3S/c1-14-9-10-15(16(11-14)26-18(2,3)4)12-21-17(20-7)22-13-19(5,6)23-27(8,24)25/h9-11,23H,12-13H2,1-8H3,(H2,20,21,22). The van der Waals surface area contributed by atoms with Gasteiger partial charge >= 0.3 is 0 Å². The normalized spacial score (nSPS) is 13.4. The van der Waals surface area contributed by atoms with Crippen LogP contribution in [0.3, 0.4) is 0 Å². The second-order valence-corrected chi connectivity index (χ2v) is 10.1. The van der Waals surface area contributed by atoms with Crippen molar-refractivity contribution in [2.45, 2.75) is 59.2 Å². The number of aliphatic imine (C=N–C) groups is 1. The summed E-state index contributed by atoms with van der Waals surface area (Å²) in [5.74, 6) is 1.42. The van der Waals surface area contributed by atoms with Crippen LogP contribution in [0.2, 0.25) is 0 Å². The van der Waals surface area contributed by atoms with E-state index in [0.29, 0.717) is 19.0 Å². The van der Waals surface area contributed by atoms with Crippen molar-refractivity contribution in [3.05, 3.63) is 29.3 Å². The van der Waals surface area contributed by atoms with Crippen LogP contribution in [0.1, 0.15) is 45.7 Å². The van der Waals surface area contributed by atoms with Crippen molar-refractivity contribution in [3.8, 4) is 5.75 Å². The Hall–Kier alpha value is -1.80. The molecule has 0 radical (unpaired) electrons. The number of nitrogens with zero attached hydrogens (tertiary/aromatic N) is 1. The smallest absolute Gasteiger partial charge is 0.209 e. The topological polar surface area (TPSA) is 91.8 Å². The lowest BCUT2D eigenvalue weighted by Gasteiger charge is -2.27. The predicted octanol–water partition coefficient (Wildman–Crippen LogP) is 2.17. The number of hydrogen-bond donors (Lipinski definition) is 3. The Kier molecular flexibility index (Phi) is 7.68. The van der Waals surface area contributed by atoms with Gasteiger partial charge in [0.05, 0.1) is 6.26 Å². The van der Waals surface area contributed by atoms with E-state index in [0.717, 1.165) is 23.1 Å². The third kappa shape index (κ3) is 9.63. The molecule has 0 saturated carbocycles. The highest BCUT2D eigenvalue weighted by Gasteiger charge is 2.22. The zero-order valence-electron chi connectivity index (χ0n) is 17.7. The summed E-state index contributed by atoms with van der Waals surface area (Å²) in [6.07, 6.45) is 1.15. The number of benzene rings is 1. The average Bonchev–Trinajstić information content (AvgIpc) is 2.45. The van der Waals surface area contributed by atoms with Crippen LogP contribution in [0.5, 0.6) is 5.75 Å². The second-order valence-electron chi connectivity index (χ2n) is 8.36. The molecule has 0 aromatic heterocycles. The van der Waals surface area contributed by atoms with Crippen LogP contribution >= 0.6 is 0 Å². The summed E-state index contributed by atoms with van der Waals surface area (Å²) >= 11 is 0. The summed E-state index contributed by atoms with van der Waals surface area (Å²) in [4.78, 5) is 4.20. The van der Waals surface area contributed by atoms with E-state index in [1.807, 2.05) is 59.7 Å². The molecule has 0 saturated heterocycles. The van der Waals surface area contributed by atoms with Crippen LogP contribution in [0.15, 0.2) is 23.2 Å². The minimum Gasteiger partial charge on any atom is -0.488 e. The van der Waals surface area contributed by atoms with Crippen LogP contribution < -0.4 is 20.1 Å². The van der Waals surface area contributed by atoms with Gasteiger partial charge in [-0.25, -0.2) is 13.1 Å². The Morgan fingerprint density at radius 1 is 1.15 bits per heavy atom. The van der Waals surface area contributed by atoms with Gasteiger partial charge in [-0.15, -0.1) is 0 Å². The van der Waals surface area contributed by atoms with Gasteiger partial charge in [-0.05, 0) is 53.2 Å². The molecule has 0 spiro atoms. The molecular formula is C19H34N4O3S. The minimum atomic E-state index is -3.29. The molecule has 0 amide bonds. The number of sulfonamides is 1. The van der Waals surface area contributed by atoms with Crippen molar-refractivity contribution in [1.82, 2.24) is 15.4 Å². The maximum Gasteiger partial charge on any atom is 0.209 e. The number of guanidine groups is 1. The van der Waals surface area contributed by atoms with E-state index < -0.39 is 15.6 Å². The third-order valence-electron chi connectivity index (χ3n) is 3.47. The second kappa shape index (κ2) is 8.93. The first-order chi connectivity index (χ1) is 12.2. The van der Waals surface area contributed by atoms with E-state index in [1.165, 1.54) is 0 Å². The van der Waals surface area contributed by atoms with E-state index in [2.05, 4.69) is 20.3 Å². The third-order valence-corrected chi connectivity index (χ3v) is 4.39. The molecule has 0 aliphatic rings. The molecule has 0 heterocycles. The molecule has 1 aromatic carbocycles. The van der Waals surface area contributed by atoms with E-state index in [-0.39, 0.29) is 5.60 Å². The van der Waals surface area contributed by atoms with Gasteiger partial charge in [0.2, 0.25) is 10.0 Å². The molecule has 0 aliphatic carbocycles. The van der Waals surface area contributed by atoms with Crippen LogP contribution in [0.4, 0.5) is 0 Å². The zero-order valence-corrected chi connectivity index (χ0v) is 18.5. The molecular weight excluding hydrogens is 364 g/mol. The van der Waals surface area contributed by atoms with Crippen molar-refractivity contribution < 1.29 is 13.2 Å². The van der Waals surface area contributed by atoms with Crippen LogP contribution in [0.25, 0.3) is 0 Å². The number of rotatable bonds is 7. The Balaban J connectivity index is 2.76. The van der Waals surface area contributed by atoms with Crippen LogP contribution in [-0.2, 0) is 16.6 Å². The molecule has 0 bridgehead atoms. The molecule has 154 valence electrons. The van der Waals surface area contributed by atoms with Gasteiger partial charge in [-0.3, -0.25) is 4.99 Å². The molecule has 1 rings (SSSR count). The fourth-order valence-electron chi connectivity index (χ4n) is 2.47. The SMILES string of the molecule is CN=C(NCc1ccc(C)cc1OC(C)(C)C)NCC(C)(C)NS(C)(=O)=O. The Bertz CT molecular complexity index is 766. The van der Waals surface area contributed by atoms with Gasteiger partial charge in [-0.1, -0.05) is 12.1 Å². The average molecular weight is 399 g/mol. The Labute approximate surface area is 164 Å². The molecule has 0 atom stereocenters. The van der Waals surface area contributed by atoms with Gasteiger partial charge in [-0.2, -0.15) is 0 Å². The van der Waals surface area contributed by atoms with E-state index in [4.69, 9.17) is 4.74 Å². The lowest BCUT2D eigenvalue weighted by Crippen LogP contribution is -2.52. The molecule has 0 fully saturated rings. The molecule has 8 heteroatoms. The lowest BCUT2D eigenvalue weighted by atomic mass is 10.1. The van der Waals surface area contributed by atoms with Gasteiger partial charge in [0, 0.05) is 31.2 Å². The van der Waals surface area contributed by atoms with Crippen molar-refractivity contribution in [1.29, 1.82) is 0 Å². The first-order valence-electron chi connectivity index (χ1n) is 8.93. The highest BCUT2D eigenvalue weighted by molar-refractivity contribution is 7.88. The largest absolute Gasteiger partial charge is 0.488 e. The Morgan fingerprint density at radius 3 is 2.30 bits per heavy atom. The van der Waals surface area contributed by atoms with E-state index in [1.54, 1.807) is 7.05 Å². The predicted molar refractivity (Wildman–Crippen MR) is 112 cm³/mol. The molecule has 0 aliphatic heterocycles. The summed E-state index contributed by atoms with van der Waals surface area (Å²) < 4.78 is 31.6. The first-order valence-corrected chi connectivity index (χ1v) is 10.8. The van der Waals surface area contributed by atoms with Crippen molar-refractivity contribution >= 4 is 16.0 Å². The summed E-state index contributed by atoms with van der Waals surface area (Å²) in [7, 11) is -1.61. The van der Waals surface area contributed by atoms with Gasteiger partial charge < -0.3 is 15.4 Å². The molecule has 0 unspecified atom stereocenters. The summed E-state index contributed by atoms with van der Waals surface area (Å²) in [6.45, 7) is 12.6. The number of nitrogens with one attached hydrogen (secondary N) is 3. The molecule has 1 aromatic rings. The summed E-state index contributed by atoms with van der Waals surface area (Å²) in [5.41, 5.74) is 1.22. The van der Waals surface area contributed by atoms with Crippen LogP contribution in [-0.4, -0.2) is 45.4 Å². The first kappa shape index (κ1) is 23.2. The van der Waals surface area contributed by atoms with Gasteiger partial charge in [0.1, 0.15) is 11.4 Å². The summed E-state index contributed by atoms with van der Waals surface area (Å²) in [6, 6.07) is 6.10. The van der Waals surface area contributed by atoms with Gasteiger partial charge in [0.25, 0.3) is 0 Å². The fraction of sp³-hybridized carbons (Fsp3) is 0.632. The zero-order chi connectivity index (χ0) is 20.9. The number of hydrogen-bond acceptors (Lipinski definition) is 4. The van der Waals surface area contributed by atoms with Crippen molar-refractivity contribution in [2.24, 2.45) is 4.99 Å². The highest BCUT2D eigenvalue weighted by atomic mass is 32.2.